The quantitative estimate of drug-likeness (QED) is 0.694. The molecule has 3 nitrogen and oxygen atoms in total. The van der Waals surface area contributed by atoms with Crippen LogP contribution in [-0.4, -0.2) is 41.8 Å². The van der Waals surface area contributed by atoms with Crippen molar-refractivity contribution >= 4 is 0 Å². The van der Waals surface area contributed by atoms with Gasteiger partial charge in [-0.3, -0.25) is 4.90 Å². The Morgan fingerprint density at radius 2 is 2.14 bits per heavy atom. The number of aliphatic hydroxyl groups is 1. The molecule has 84 valence electrons. The van der Waals surface area contributed by atoms with E-state index in [0.29, 0.717) is 12.6 Å². The molecule has 1 rings (SSSR count). The van der Waals surface area contributed by atoms with Gasteiger partial charge in [-0.2, -0.15) is 0 Å². The number of β-amino-alcohol motifs (C(OH)–C–C–N with tert-alkyl or cyclic N) is 1. The molecule has 1 saturated heterocycles. The number of hydrogen-bond acceptors (Lipinski definition) is 3. The summed E-state index contributed by atoms with van der Waals surface area (Å²) in [6.07, 6.45) is 1.88. The van der Waals surface area contributed by atoms with Crippen LogP contribution in [0.15, 0.2) is 0 Å². The second kappa shape index (κ2) is 4.60. The van der Waals surface area contributed by atoms with Gasteiger partial charge < -0.3 is 10.8 Å². The van der Waals surface area contributed by atoms with Gasteiger partial charge in [0.1, 0.15) is 0 Å². The fraction of sp³-hybridized carbons (Fsp3) is 1.00. The molecule has 0 radical (unpaired) electrons. The van der Waals surface area contributed by atoms with Gasteiger partial charge in [0.05, 0.1) is 6.10 Å². The third kappa shape index (κ3) is 2.94. The zero-order valence-corrected chi connectivity index (χ0v) is 9.66. The van der Waals surface area contributed by atoms with Crippen molar-refractivity contribution in [1.29, 1.82) is 0 Å². The van der Waals surface area contributed by atoms with Crippen LogP contribution in [0.5, 0.6) is 0 Å². The fourth-order valence-corrected chi connectivity index (χ4v) is 2.32. The van der Waals surface area contributed by atoms with Crippen LogP contribution < -0.4 is 5.73 Å². The minimum atomic E-state index is -0.153. The molecule has 1 aliphatic rings. The second-order valence-corrected chi connectivity index (χ2v) is 5.41. The monoisotopic (exact) mass is 200 g/mol. The van der Waals surface area contributed by atoms with Gasteiger partial charge in [0, 0.05) is 19.1 Å². The van der Waals surface area contributed by atoms with Crippen LogP contribution in [0.4, 0.5) is 0 Å². The summed E-state index contributed by atoms with van der Waals surface area (Å²) < 4.78 is 0. The molecular weight excluding hydrogens is 176 g/mol. The Balaban J connectivity index is 2.60. The Bertz CT molecular complexity index is 177. The minimum Gasteiger partial charge on any atom is -0.392 e. The summed E-state index contributed by atoms with van der Waals surface area (Å²) >= 11 is 0. The van der Waals surface area contributed by atoms with Gasteiger partial charge in [-0.25, -0.2) is 0 Å². The molecule has 1 heterocycles. The van der Waals surface area contributed by atoms with Gasteiger partial charge >= 0.3 is 0 Å². The van der Waals surface area contributed by atoms with Crippen LogP contribution in [0.2, 0.25) is 0 Å². The van der Waals surface area contributed by atoms with Crippen molar-refractivity contribution in [2.45, 2.75) is 45.8 Å². The predicted molar refractivity (Wildman–Crippen MR) is 59.1 cm³/mol. The zero-order valence-electron chi connectivity index (χ0n) is 9.66. The number of aliphatic hydroxyl groups excluding tert-OH is 1. The SMILES string of the molecule is CC(C)(C)C(CN)N1CCCC(O)C1. The molecule has 14 heavy (non-hydrogen) atoms. The first-order valence-corrected chi connectivity index (χ1v) is 5.57. The lowest BCUT2D eigenvalue weighted by molar-refractivity contribution is 0.0165. The third-order valence-corrected chi connectivity index (χ3v) is 3.09. The molecule has 1 aliphatic heterocycles. The van der Waals surface area contributed by atoms with Crippen molar-refractivity contribution in [3.8, 4) is 0 Å². The summed E-state index contributed by atoms with van der Waals surface area (Å²) in [5, 5.41) is 9.61. The molecule has 0 aromatic heterocycles. The molecule has 0 spiro atoms. The Morgan fingerprint density at radius 1 is 1.50 bits per heavy atom. The highest BCUT2D eigenvalue weighted by molar-refractivity contribution is 4.87. The Labute approximate surface area is 87.3 Å². The number of piperidine rings is 1. The van der Waals surface area contributed by atoms with Crippen LogP contribution in [0.25, 0.3) is 0 Å². The molecule has 0 saturated carbocycles. The van der Waals surface area contributed by atoms with Gasteiger partial charge in [-0.1, -0.05) is 20.8 Å². The molecule has 0 aromatic rings. The molecule has 3 heteroatoms. The van der Waals surface area contributed by atoms with E-state index in [1.165, 1.54) is 0 Å². The molecule has 0 bridgehead atoms. The molecule has 0 aliphatic carbocycles. The summed E-state index contributed by atoms with van der Waals surface area (Å²) in [4.78, 5) is 2.34. The Kier molecular flexibility index (Phi) is 3.93. The van der Waals surface area contributed by atoms with Gasteiger partial charge in [-0.05, 0) is 24.8 Å². The summed E-state index contributed by atoms with van der Waals surface area (Å²) in [6, 6.07) is 0.387. The number of likely N-dealkylation sites (tertiary alicyclic amines) is 1. The minimum absolute atomic E-state index is 0.153. The number of hydrogen-bond donors (Lipinski definition) is 2. The van der Waals surface area contributed by atoms with Crippen LogP contribution in [0, 0.1) is 5.41 Å². The maximum atomic E-state index is 9.61. The molecule has 1 fully saturated rings. The van der Waals surface area contributed by atoms with Crippen molar-refractivity contribution in [3.63, 3.8) is 0 Å². The zero-order chi connectivity index (χ0) is 10.8. The normalized spacial score (nSPS) is 27.6. The number of nitrogens with zero attached hydrogens (tertiary/aromatic N) is 1. The summed E-state index contributed by atoms with van der Waals surface area (Å²) in [5.74, 6) is 0. The third-order valence-electron chi connectivity index (χ3n) is 3.09. The maximum absolute atomic E-state index is 9.61. The first kappa shape index (κ1) is 12.0. The molecule has 0 amide bonds. The van der Waals surface area contributed by atoms with Crippen LogP contribution in [0.3, 0.4) is 0 Å². The number of nitrogens with two attached hydrogens (primary N) is 1. The Hall–Kier alpha value is -0.120. The van der Waals surface area contributed by atoms with E-state index in [1.807, 2.05) is 0 Å². The molecular formula is C11H24N2O. The van der Waals surface area contributed by atoms with E-state index in [2.05, 4.69) is 25.7 Å². The van der Waals surface area contributed by atoms with Crippen molar-refractivity contribution in [2.24, 2.45) is 11.1 Å². The van der Waals surface area contributed by atoms with Crippen LogP contribution in [-0.2, 0) is 0 Å². The average molecular weight is 200 g/mol. The highest BCUT2D eigenvalue weighted by Crippen LogP contribution is 2.26. The summed E-state index contributed by atoms with van der Waals surface area (Å²) in [5.41, 5.74) is 6.01. The summed E-state index contributed by atoms with van der Waals surface area (Å²) in [7, 11) is 0. The first-order chi connectivity index (χ1) is 6.45. The van der Waals surface area contributed by atoms with E-state index in [4.69, 9.17) is 5.73 Å². The average Bonchev–Trinajstić information content (AvgIpc) is 2.02. The predicted octanol–water partition coefficient (Wildman–Crippen LogP) is 0.817. The van der Waals surface area contributed by atoms with Crippen molar-refractivity contribution in [1.82, 2.24) is 4.90 Å². The van der Waals surface area contributed by atoms with E-state index in [1.54, 1.807) is 0 Å². The van der Waals surface area contributed by atoms with Gasteiger partial charge in [0.15, 0.2) is 0 Å². The first-order valence-electron chi connectivity index (χ1n) is 5.57. The van der Waals surface area contributed by atoms with Crippen molar-refractivity contribution in [3.05, 3.63) is 0 Å². The lowest BCUT2D eigenvalue weighted by Gasteiger charge is -2.42. The molecule has 3 N–H and O–H groups in total. The standard InChI is InChI=1S/C11H24N2O/c1-11(2,3)10(7-12)13-6-4-5-9(14)8-13/h9-10,14H,4-8,12H2,1-3H3. The van der Waals surface area contributed by atoms with Crippen molar-refractivity contribution in [2.75, 3.05) is 19.6 Å². The van der Waals surface area contributed by atoms with Gasteiger partial charge in [-0.15, -0.1) is 0 Å². The highest BCUT2D eigenvalue weighted by atomic mass is 16.3. The molecule has 0 aromatic carbocycles. The van der Waals surface area contributed by atoms with E-state index in [-0.39, 0.29) is 11.5 Å². The molecule has 2 atom stereocenters. The second-order valence-electron chi connectivity index (χ2n) is 5.41. The van der Waals surface area contributed by atoms with E-state index < -0.39 is 0 Å². The maximum Gasteiger partial charge on any atom is 0.0667 e. The fourth-order valence-electron chi connectivity index (χ4n) is 2.32. The highest BCUT2D eigenvalue weighted by Gasteiger charge is 2.31. The van der Waals surface area contributed by atoms with Gasteiger partial charge in [0.2, 0.25) is 0 Å². The van der Waals surface area contributed by atoms with E-state index in [0.717, 1.165) is 25.9 Å². The van der Waals surface area contributed by atoms with Crippen molar-refractivity contribution < 1.29 is 5.11 Å². The lowest BCUT2D eigenvalue weighted by Crippen LogP contribution is -2.53. The van der Waals surface area contributed by atoms with Gasteiger partial charge in [0.25, 0.3) is 0 Å². The summed E-state index contributed by atoms with van der Waals surface area (Å²) in [6.45, 7) is 9.19. The van der Waals surface area contributed by atoms with Crippen LogP contribution >= 0.6 is 0 Å². The lowest BCUT2D eigenvalue weighted by atomic mass is 9.84. The molecule has 2 unspecified atom stereocenters. The number of rotatable bonds is 2. The van der Waals surface area contributed by atoms with Crippen LogP contribution in [0.1, 0.15) is 33.6 Å². The Morgan fingerprint density at radius 3 is 2.57 bits per heavy atom. The van der Waals surface area contributed by atoms with E-state index >= 15 is 0 Å². The van der Waals surface area contributed by atoms with E-state index in [9.17, 15) is 5.11 Å². The topological polar surface area (TPSA) is 49.5 Å². The largest absolute Gasteiger partial charge is 0.392 e. The smallest absolute Gasteiger partial charge is 0.0667 e.